The van der Waals surface area contributed by atoms with E-state index >= 15 is 0 Å². The van der Waals surface area contributed by atoms with Crippen molar-refractivity contribution in [3.05, 3.63) is 23.3 Å². The van der Waals surface area contributed by atoms with Gasteiger partial charge in [0.2, 0.25) is 0 Å². The van der Waals surface area contributed by atoms with Crippen molar-refractivity contribution in [2.45, 2.75) is 96.0 Å². The molecular formula is C26H39NO4. The van der Waals surface area contributed by atoms with Gasteiger partial charge in [-0.3, -0.25) is 0 Å². The molecule has 7 atom stereocenters. The molecular weight excluding hydrogens is 390 g/mol. The molecule has 1 spiro atoms. The minimum atomic E-state index is -0.916. The number of ether oxygens (including phenoxy) is 2. The summed E-state index contributed by atoms with van der Waals surface area (Å²) in [5.74, 6) is 0.834. The monoisotopic (exact) mass is 429 g/mol. The Bertz CT molecular complexity index is 896. The Balaban J connectivity index is 1.76. The molecule has 2 fully saturated rings. The lowest BCUT2D eigenvalue weighted by Crippen LogP contribution is -2.76. The summed E-state index contributed by atoms with van der Waals surface area (Å²) in [6, 6.07) is 4.21. The van der Waals surface area contributed by atoms with E-state index in [0.29, 0.717) is 11.8 Å². The van der Waals surface area contributed by atoms with Crippen molar-refractivity contribution in [1.29, 1.82) is 0 Å². The molecule has 0 unspecified atom stereocenters. The van der Waals surface area contributed by atoms with E-state index in [1.165, 1.54) is 11.1 Å². The molecule has 2 bridgehead atoms. The van der Waals surface area contributed by atoms with Crippen LogP contribution < -0.4 is 10.1 Å². The number of phenols is 1. The zero-order valence-corrected chi connectivity index (χ0v) is 19.9. The van der Waals surface area contributed by atoms with E-state index in [9.17, 15) is 10.2 Å². The van der Waals surface area contributed by atoms with Crippen molar-refractivity contribution in [1.82, 2.24) is 5.32 Å². The first kappa shape index (κ1) is 21.5. The van der Waals surface area contributed by atoms with E-state index in [1.807, 2.05) is 6.92 Å². The Kier molecular flexibility index (Phi) is 4.60. The Labute approximate surface area is 186 Å². The van der Waals surface area contributed by atoms with Crippen molar-refractivity contribution in [2.24, 2.45) is 16.7 Å². The zero-order chi connectivity index (χ0) is 22.4. The number of hydrogen-bond donors (Lipinski definition) is 3. The summed E-state index contributed by atoms with van der Waals surface area (Å²) in [4.78, 5) is 0. The Morgan fingerprint density at radius 2 is 2.00 bits per heavy atom. The van der Waals surface area contributed by atoms with Gasteiger partial charge in [0.25, 0.3) is 0 Å². The Morgan fingerprint density at radius 3 is 2.65 bits per heavy atom. The topological polar surface area (TPSA) is 71.0 Å². The van der Waals surface area contributed by atoms with Gasteiger partial charge in [-0.1, -0.05) is 33.8 Å². The van der Waals surface area contributed by atoms with Crippen LogP contribution in [-0.2, 0) is 16.6 Å². The summed E-state index contributed by atoms with van der Waals surface area (Å²) in [6.45, 7) is 11.7. The Morgan fingerprint density at radius 1 is 1.26 bits per heavy atom. The van der Waals surface area contributed by atoms with Gasteiger partial charge in [0.1, 0.15) is 12.2 Å². The number of piperidine rings is 1. The van der Waals surface area contributed by atoms with Gasteiger partial charge in [0.05, 0.1) is 5.60 Å². The van der Waals surface area contributed by atoms with Crippen LogP contribution in [0.25, 0.3) is 0 Å². The van der Waals surface area contributed by atoms with Crippen LogP contribution in [0.15, 0.2) is 12.1 Å². The van der Waals surface area contributed by atoms with Crippen LogP contribution in [0, 0.1) is 16.7 Å². The first-order valence-corrected chi connectivity index (χ1v) is 12.1. The predicted octanol–water partition coefficient (Wildman–Crippen LogP) is 3.93. The van der Waals surface area contributed by atoms with Crippen LogP contribution in [0.3, 0.4) is 0 Å². The summed E-state index contributed by atoms with van der Waals surface area (Å²) >= 11 is 0. The van der Waals surface area contributed by atoms with Crippen molar-refractivity contribution in [3.63, 3.8) is 0 Å². The molecule has 0 amide bonds. The highest BCUT2D eigenvalue weighted by atomic mass is 16.5. The van der Waals surface area contributed by atoms with E-state index in [0.717, 1.165) is 38.6 Å². The molecule has 1 saturated carbocycles. The number of hydrogen-bond acceptors (Lipinski definition) is 5. The van der Waals surface area contributed by atoms with Gasteiger partial charge >= 0.3 is 0 Å². The van der Waals surface area contributed by atoms with E-state index in [2.05, 4.69) is 39.1 Å². The average Bonchev–Trinajstić information content (AvgIpc) is 3.09. The maximum Gasteiger partial charge on any atom is 0.165 e. The molecule has 1 saturated heterocycles. The van der Waals surface area contributed by atoms with Crippen molar-refractivity contribution < 1.29 is 19.7 Å². The maximum atomic E-state index is 12.1. The molecule has 5 rings (SSSR count). The summed E-state index contributed by atoms with van der Waals surface area (Å²) in [7, 11) is 1.76. The second-order valence-corrected chi connectivity index (χ2v) is 11.3. The second-order valence-electron chi connectivity index (χ2n) is 11.3. The first-order valence-electron chi connectivity index (χ1n) is 12.1. The highest BCUT2D eigenvalue weighted by Crippen LogP contribution is 2.71. The van der Waals surface area contributed by atoms with E-state index in [-0.39, 0.29) is 40.1 Å². The number of nitrogens with one attached hydrogen (secondary N) is 1. The van der Waals surface area contributed by atoms with Crippen LogP contribution in [-0.4, -0.2) is 47.7 Å². The predicted molar refractivity (Wildman–Crippen MR) is 121 cm³/mol. The Hall–Kier alpha value is -1.30. The number of aromatic hydroxyl groups is 1. The van der Waals surface area contributed by atoms with Gasteiger partial charge in [0.15, 0.2) is 11.5 Å². The molecule has 172 valence electrons. The van der Waals surface area contributed by atoms with Crippen molar-refractivity contribution in [3.8, 4) is 11.5 Å². The quantitative estimate of drug-likeness (QED) is 0.662. The molecule has 1 aromatic carbocycles. The smallest absolute Gasteiger partial charge is 0.165 e. The molecule has 0 radical (unpaired) electrons. The molecule has 5 heteroatoms. The highest BCUT2D eigenvalue weighted by Gasteiger charge is 2.74. The van der Waals surface area contributed by atoms with Crippen LogP contribution in [0.2, 0.25) is 0 Å². The van der Waals surface area contributed by atoms with E-state index in [4.69, 9.17) is 9.47 Å². The van der Waals surface area contributed by atoms with E-state index in [1.54, 1.807) is 13.2 Å². The van der Waals surface area contributed by atoms with Gasteiger partial charge in [0, 0.05) is 30.0 Å². The van der Waals surface area contributed by atoms with Crippen molar-refractivity contribution >= 4 is 0 Å². The summed E-state index contributed by atoms with van der Waals surface area (Å²) < 4.78 is 12.9. The van der Waals surface area contributed by atoms with Crippen molar-refractivity contribution in [2.75, 3.05) is 13.7 Å². The highest BCUT2D eigenvalue weighted by molar-refractivity contribution is 5.62. The fraction of sp³-hybridized carbons (Fsp3) is 0.769. The number of rotatable bonds is 5. The SMILES string of the molecule is CCC(C)(C)[C@@](C)(O)[C@H]1C[C@]2(CC)[C@H]3Cc4ccc(O)c5c4[C@@]2(CCN3)[C@@H](O5)[C@@H]1OC. The lowest BCUT2D eigenvalue weighted by molar-refractivity contribution is -0.226. The first-order chi connectivity index (χ1) is 14.6. The normalized spacial score (nSPS) is 40.1. The molecule has 2 aliphatic carbocycles. The molecule has 0 aromatic heterocycles. The molecule has 2 aliphatic heterocycles. The van der Waals surface area contributed by atoms with Gasteiger partial charge < -0.3 is 25.0 Å². The fourth-order valence-corrected chi connectivity index (χ4v) is 8.01. The van der Waals surface area contributed by atoms with Crippen LogP contribution in [0.1, 0.15) is 71.4 Å². The van der Waals surface area contributed by atoms with Crippen LogP contribution in [0.5, 0.6) is 11.5 Å². The zero-order valence-electron chi connectivity index (χ0n) is 19.9. The molecule has 4 aliphatic rings. The number of methoxy groups -OCH3 is 1. The third-order valence-electron chi connectivity index (χ3n) is 10.4. The van der Waals surface area contributed by atoms with Gasteiger partial charge in [-0.25, -0.2) is 0 Å². The average molecular weight is 430 g/mol. The molecule has 31 heavy (non-hydrogen) atoms. The second kappa shape index (κ2) is 6.61. The molecule has 3 N–H and O–H groups in total. The summed E-state index contributed by atoms with van der Waals surface area (Å²) in [6.07, 6.45) is 4.25. The van der Waals surface area contributed by atoms with Gasteiger partial charge in [-0.05, 0) is 68.0 Å². The van der Waals surface area contributed by atoms with Gasteiger partial charge in [-0.2, -0.15) is 0 Å². The molecule has 2 heterocycles. The number of aliphatic hydroxyl groups is 1. The molecule has 5 nitrogen and oxygen atoms in total. The summed E-state index contributed by atoms with van der Waals surface area (Å²) in [5.41, 5.74) is 1.11. The van der Waals surface area contributed by atoms with Crippen LogP contribution in [0.4, 0.5) is 0 Å². The minimum Gasteiger partial charge on any atom is -0.504 e. The van der Waals surface area contributed by atoms with Crippen LogP contribution >= 0.6 is 0 Å². The maximum absolute atomic E-state index is 12.1. The number of phenolic OH excluding ortho intramolecular Hbond substituents is 1. The van der Waals surface area contributed by atoms with Gasteiger partial charge in [-0.15, -0.1) is 0 Å². The summed E-state index contributed by atoms with van der Waals surface area (Å²) in [5, 5.41) is 26.7. The standard InChI is InChI=1S/C26H39NO4/c1-7-23(3,4)24(5,29)16-14-25(8-2)18-13-15-9-10-17(28)21-19(15)26(25,11-12-27-18)22(31-21)20(16)30-6/h9-10,16,18,20,22,27-29H,7-8,11-14H2,1-6H3/t16-,18+,20+,22-,24-,25+,26-/m0/s1. The third kappa shape index (κ3) is 2.33. The minimum absolute atomic E-state index is 0.0462. The van der Waals surface area contributed by atoms with E-state index < -0.39 is 5.60 Å². The third-order valence-corrected chi connectivity index (χ3v) is 10.4. The largest absolute Gasteiger partial charge is 0.504 e. The molecule has 1 aromatic rings. The number of benzene rings is 1. The lowest BCUT2D eigenvalue weighted by atomic mass is 9.39. The fourth-order valence-electron chi connectivity index (χ4n) is 8.01. The lowest BCUT2D eigenvalue weighted by Gasteiger charge is -2.67.